The van der Waals surface area contributed by atoms with Gasteiger partial charge in [-0.3, -0.25) is 14.5 Å². The number of benzene rings is 1. The molecule has 1 fully saturated rings. The molecule has 2 amide bonds. The Hall–Kier alpha value is -1.92. The first-order chi connectivity index (χ1) is 13.4. The largest absolute Gasteiger partial charge is 0.396 e. The highest BCUT2D eigenvalue weighted by Gasteiger charge is 2.38. The van der Waals surface area contributed by atoms with Crippen LogP contribution in [0.1, 0.15) is 44.2 Å². The number of nitrogens with zero attached hydrogens (tertiary/aromatic N) is 1. The van der Waals surface area contributed by atoms with Crippen molar-refractivity contribution < 1.29 is 14.7 Å². The maximum atomic E-state index is 12.5. The fraction of sp³-hybridized carbons (Fsp3) is 0.636. The van der Waals surface area contributed by atoms with Crippen molar-refractivity contribution in [3.8, 4) is 0 Å². The van der Waals surface area contributed by atoms with Crippen LogP contribution in [0.4, 0.5) is 0 Å². The molecule has 1 aromatic rings. The molecule has 0 spiro atoms. The van der Waals surface area contributed by atoms with E-state index in [1.807, 2.05) is 13.8 Å². The number of aliphatic hydroxyl groups is 1. The number of amides is 2. The Morgan fingerprint density at radius 3 is 2.61 bits per heavy atom. The Morgan fingerprint density at radius 1 is 1.29 bits per heavy atom. The van der Waals surface area contributed by atoms with Crippen LogP contribution in [0.3, 0.4) is 0 Å². The summed E-state index contributed by atoms with van der Waals surface area (Å²) in [4.78, 5) is 27.2. The molecule has 28 heavy (non-hydrogen) atoms. The van der Waals surface area contributed by atoms with Gasteiger partial charge in [0.1, 0.15) is 0 Å². The molecule has 1 atom stereocenters. The molecule has 1 heterocycles. The highest BCUT2D eigenvalue weighted by atomic mass is 16.3. The second kappa shape index (κ2) is 9.05. The van der Waals surface area contributed by atoms with Gasteiger partial charge in [-0.25, -0.2) is 0 Å². The molecule has 1 aliphatic heterocycles. The van der Waals surface area contributed by atoms with Crippen molar-refractivity contribution in [1.29, 1.82) is 0 Å². The van der Waals surface area contributed by atoms with Crippen molar-refractivity contribution in [2.24, 2.45) is 5.41 Å². The van der Waals surface area contributed by atoms with Crippen molar-refractivity contribution in [1.82, 2.24) is 15.5 Å². The summed E-state index contributed by atoms with van der Waals surface area (Å²) < 4.78 is 0. The lowest BCUT2D eigenvalue weighted by molar-refractivity contribution is -0.135. The third-order valence-electron chi connectivity index (χ3n) is 6.03. The van der Waals surface area contributed by atoms with E-state index in [0.717, 1.165) is 32.2 Å². The van der Waals surface area contributed by atoms with Crippen molar-refractivity contribution in [3.63, 3.8) is 0 Å². The average Bonchev–Trinajstić information content (AvgIpc) is 3.11. The van der Waals surface area contributed by atoms with Gasteiger partial charge in [-0.1, -0.05) is 38.1 Å². The van der Waals surface area contributed by atoms with Crippen molar-refractivity contribution in [2.75, 3.05) is 26.2 Å². The summed E-state index contributed by atoms with van der Waals surface area (Å²) in [6.45, 7) is 6.16. The van der Waals surface area contributed by atoms with Crippen molar-refractivity contribution in [2.45, 2.75) is 58.0 Å². The van der Waals surface area contributed by atoms with Crippen LogP contribution in [0, 0.1) is 5.41 Å². The number of piperazine rings is 1. The van der Waals surface area contributed by atoms with E-state index in [1.165, 1.54) is 11.1 Å². The zero-order valence-corrected chi connectivity index (χ0v) is 17.0. The zero-order valence-electron chi connectivity index (χ0n) is 17.0. The van der Waals surface area contributed by atoms with Crippen LogP contribution in [-0.4, -0.2) is 60.1 Å². The summed E-state index contributed by atoms with van der Waals surface area (Å²) in [5.74, 6) is -0.122. The first-order valence-corrected chi connectivity index (χ1v) is 10.4. The summed E-state index contributed by atoms with van der Waals surface area (Å²) in [5.41, 5.74) is 2.59. The van der Waals surface area contributed by atoms with Gasteiger partial charge in [0.25, 0.3) is 0 Å². The Morgan fingerprint density at radius 2 is 1.96 bits per heavy atom. The Balaban J connectivity index is 1.53. The molecule has 154 valence electrons. The first kappa shape index (κ1) is 20.8. The minimum Gasteiger partial charge on any atom is -0.396 e. The predicted octanol–water partition coefficient (Wildman–Crippen LogP) is 1.26. The lowest BCUT2D eigenvalue weighted by Gasteiger charge is -2.38. The van der Waals surface area contributed by atoms with Gasteiger partial charge in [0.2, 0.25) is 11.8 Å². The van der Waals surface area contributed by atoms with Gasteiger partial charge in [-0.2, -0.15) is 0 Å². The molecule has 1 unspecified atom stereocenters. The standard InChI is InChI=1S/C22H33N3O3/c1-22(2,15-26)8-5-9-23-20(27)14-19-21(28)24-10-11-25(19)18-12-16-6-3-4-7-17(16)13-18/h3-4,6-7,18-19,26H,5,8-15H2,1-2H3,(H,23,27)(H,24,28). The van der Waals surface area contributed by atoms with Gasteiger partial charge in [-0.15, -0.1) is 0 Å². The molecule has 6 heteroatoms. The van der Waals surface area contributed by atoms with Gasteiger partial charge in [0.15, 0.2) is 0 Å². The van der Waals surface area contributed by atoms with E-state index in [1.54, 1.807) is 0 Å². The van der Waals surface area contributed by atoms with Crippen LogP contribution in [0.2, 0.25) is 0 Å². The number of carbonyl (C=O) groups excluding carboxylic acids is 2. The lowest BCUT2D eigenvalue weighted by Crippen LogP contribution is -2.59. The lowest BCUT2D eigenvalue weighted by atomic mass is 9.89. The number of hydrogen-bond acceptors (Lipinski definition) is 4. The summed E-state index contributed by atoms with van der Waals surface area (Å²) in [6.07, 6.45) is 3.75. The minimum atomic E-state index is -0.401. The van der Waals surface area contributed by atoms with Crippen LogP contribution in [0.5, 0.6) is 0 Å². The molecule has 1 aromatic carbocycles. The molecular weight excluding hydrogens is 354 g/mol. The normalized spacial score (nSPS) is 20.7. The Bertz CT molecular complexity index is 679. The summed E-state index contributed by atoms with van der Waals surface area (Å²) in [7, 11) is 0. The first-order valence-electron chi connectivity index (χ1n) is 10.4. The molecule has 6 nitrogen and oxygen atoms in total. The molecule has 3 rings (SSSR count). The number of rotatable bonds is 8. The Kier molecular flexibility index (Phi) is 6.73. The number of hydrogen-bond donors (Lipinski definition) is 3. The highest BCUT2D eigenvalue weighted by molar-refractivity contribution is 5.88. The van der Waals surface area contributed by atoms with Gasteiger partial charge in [0, 0.05) is 32.3 Å². The van der Waals surface area contributed by atoms with E-state index in [4.69, 9.17) is 0 Å². The van der Waals surface area contributed by atoms with Crippen LogP contribution in [0.25, 0.3) is 0 Å². The second-order valence-corrected chi connectivity index (χ2v) is 8.86. The van der Waals surface area contributed by atoms with E-state index in [9.17, 15) is 14.7 Å². The van der Waals surface area contributed by atoms with Crippen molar-refractivity contribution >= 4 is 11.8 Å². The summed E-state index contributed by atoms with van der Waals surface area (Å²) >= 11 is 0. The quantitative estimate of drug-likeness (QED) is 0.587. The molecule has 0 aromatic heterocycles. The fourth-order valence-corrected chi connectivity index (χ4v) is 4.27. The van der Waals surface area contributed by atoms with Gasteiger partial charge in [0.05, 0.1) is 12.5 Å². The molecular formula is C22H33N3O3. The molecule has 2 aliphatic rings. The molecule has 0 saturated carbocycles. The van der Waals surface area contributed by atoms with Crippen LogP contribution in [0.15, 0.2) is 24.3 Å². The topological polar surface area (TPSA) is 81.7 Å². The SMILES string of the molecule is CC(C)(CO)CCCNC(=O)CC1C(=O)NCCN1C1Cc2ccccc2C1. The van der Waals surface area contributed by atoms with E-state index in [0.29, 0.717) is 13.1 Å². The number of carbonyl (C=O) groups is 2. The fourth-order valence-electron chi connectivity index (χ4n) is 4.27. The zero-order chi connectivity index (χ0) is 20.1. The number of aliphatic hydroxyl groups excluding tert-OH is 1. The van der Waals surface area contributed by atoms with E-state index in [2.05, 4.69) is 39.8 Å². The van der Waals surface area contributed by atoms with E-state index >= 15 is 0 Å². The van der Waals surface area contributed by atoms with E-state index in [-0.39, 0.29) is 36.3 Å². The number of nitrogens with one attached hydrogen (secondary N) is 2. The Labute approximate surface area is 167 Å². The predicted molar refractivity (Wildman–Crippen MR) is 109 cm³/mol. The van der Waals surface area contributed by atoms with Crippen molar-refractivity contribution in [3.05, 3.63) is 35.4 Å². The average molecular weight is 388 g/mol. The second-order valence-electron chi connectivity index (χ2n) is 8.86. The third kappa shape index (κ3) is 5.11. The monoisotopic (exact) mass is 387 g/mol. The third-order valence-corrected chi connectivity index (χ3v) is 6.03. The molecule has 1 saturated heterocycles. The maximum absolute atomic E-state index is 12.5. The minimum absolute atomic E-state index is 0.0428. The summed E-state index contributed by atoms with van der Waals surface area (Å²) in [5, 5.41) is 15.2. The number of fused-ring (bicyclic) bond motifs is 1. The molecule has 1 aliphatic carbocycles. The van der Waals surface area contributed by atoms with Crippen LogP contribution in [-0.2, 0) is 22.4 Å². The van der Waals surface area contributed by atoms with Crippen LogP contribution >= 0.6 is 0 Å². The highest BCUT2D eigenvalue weighted by Crippen LogP contribution is 2.28. The molecule has 0 radical (unpaired) electrons. The summed E-state index contributed by atoms with van der Waals surface area (Å²) in [6, 6.07) is 8.33. The van der Waals surface area contributed by atoms with E-state index < -0.39 is 6.04 Å². The smallest absolute Gasteiger partial charge is 0.237 e. The maximum Gasteiger partial charge on any atom is 0.237 e. The molecule has 0 bridgehead atoms. The van der Waals surface area contributed by atoms with Crippen LogP contribution < -0.4 is 10.6 Å². The van der Waals surface area contributed by atoms with Gasteiger partial charge in [-0.05, 0) is 42.2 Å². The van der Waals surface area contributed by atoms with Gasteiger partial charge < -0.3 is 15.7 Å². The molecule has 3 N–H and O–H groups in total. The van der Waals surface area contributed by atoms with Gasteiger partial charge >= 0.3 is 0 Å².